The monoisotopic (exact) mass is 239 g/mol. The van der Waals surface area contributed by atoms with Gasteiger partial charge in [-0.2, -0.15) is 5.26 Å². The van der Waals surface area contributed by atoms with Crippen molar-refractivity contribution in [3.05, 3.63) is 30.3 Å². The third-order valence-electron chi connectivity index (χ3n) is 1.62. The molecule has 1 aromatic rings. The summed E-state index contributed by atoms with van der Waals surface area (Å²) in [5, 5.41) is 8.20. The molecule has 0 aliphatic carbocycles. The topological polar surface area (TPSA) is 99.1 Å². The molecule has 0 aliphatic rings. The van der Waals surface area contributed by atoms with Crippen molar-refractivity contribution < 1.29 is 13.2 Å². The first-order chi connectivity index (χ1) is 7.56. The molecule has 0 bridgehead atoms. The fraction of sp³-hybridized carbons (Fsp3) is 0.111. The van der Waals surface area contributed by atoms with Crippen LogP contribution >= 0.6 is 0 Å². The van der Waals surface area contributed by atoms with Gasteiger partial charge in [-0.15, -0.1) is 4.83 Å². The Labute approximate surface area is 92.9 Å². The van der Waals surface area contributed by atoms with Crippen LogP contribution in [0.1, 0.15) is 6.42 Å². The lowest BCUT2D eigenvalue weighted by atomic mass is 10.4. The van der Waals surface area contributed by atoms with Gasteiger partial charge in [0, 0.05) is 0 Å². The number of nitrogens with one attached hydrogen (secondary N) is 2. The Bertz CT molecular complexity index is 505. The van der Waals surface area contributed by atoms with E-state index in [4.69, 9.17) is 5.26 Å². The minimum Gasteiger partial charge on any atom is -0.277 e. The number of benzene rings is 1. The van der Waals surface area contributed by atoms with E-state index in [-0.39, 0.29) is 4.90 Å². The molecule has 0 saturated carbocycles. The summed E-state index contributed by atoms with van der Waals surface area (Å²) in [4.78, 5) is 12.8. The summed E-state index contributed by atoms with van der Waals surface area (Å²) in [5.74, 6) is -0.706. The van der Waals surface area contributed by atoms with Crippen LogP contribution in [-0.4, -0.2) is 14.3 Å². The molecule has 1 amide bonds. The van der Waals surface area contributed by atoms with Crippen molar-refractivity contribution in [1.82, 2.24) is 10.3 Å². The Morgan fingerprint density at radius 3 is 2.50 bits per heavy atom. The minimum atomic E-state index is -3.77. The molecule has 0 unspecified atom stereocenters. The number of nitrogens with zero attached hydrogens (tertiary/aromatic N) is 1. The molecule has 0 aromatic heterocycles. The number of rotatable bonds is 4. The molecule has 84 valence electrons. The van der Waals surface area contributed by atoms with E-state index in [1.165, 1.54) is 12.1 Å². The summed E-state index contributed by atoms with van der Waals surface area (Å²) in [7, 11) is -3.77. The molecule has 0 aliphatic heterocycles. The number of hydrogen-bond donors (Lipinski definition) is 2. The van der Waals surface area contributed by atoms with E-state index >= 15 is 0 Å². The zero-order chi connectivity index (χ0) is 12.0. The lowest BCUT2D eigenvalue weighted by Crippen LogP contribution is -2.41. The highest BCUT2D eigenvalue weighted by atomic mass is 32.2. The van der Waals surface area contributed by atoms with Crippen molar-refractivity contribution in [3.8, 4) is 6.07 Å². The maximum absolute atomic E-state index is 11.5. The molecule has 0 saturated heterocycles. The summed E-state index contributed by atoms with van der Waals surface area (Å²) >= 11 is 0. The molecular formula is C9H9N3O3S. The summed E-state index contributed by atoms with van der Waals surface area (Å²) in [6, 6.07) is 9.17. The van der Waals surface area contributed by atoms with E-state index < -0.39 is 22.4 Å². The summed E-state index contributed by atoms with van der Waals surface area (Å²) in [6.45, 7) is 0. The van der Waals surface area contributed by atoms with Crippen molar-refractivity contribution in [3.63, 3.8) is 0 Å². The highest BCUT2D eigenvalue weighted by Crippen LogP contribution is 2.05. The standard InChI is InChI=1S/C9H9N3O3S/c10-7-6-9(13)11-12-16(14,15)8-4-2-1-3-5-8/h1-5,12H,6H2,(H,11,13). The fourth-order valence-electron chi connectivity index (χ4n) is 0.899. The second-order valence-corrected chi connectivity index (χ2v) is 4.48. The van der Waals surface area contributed by atoms with E-state index in [9.17, 15) is 13.2 Å². The van der Waals surface area contributed by atoms with E-state index in [1.54, 1.807) is 24.3 Å². The number of nitriles is 1. The highest BCUT2D eigenvalue weighted by molar-refractivity contribution is 7.89. The summed E-state index contributed by atoms with van der Waals surface area (Å²) in [5.41, 5.74) is 1.92. The number of amides is 1. The van der Waals surface area contributed by atoms with Crippen LogP contribution in [0, 0.1) is 11.3 Å². The van der Waals surface area contributed by atoms with Crippen molar-refractivity contribution in [2.45, 2.75) is 11.3 Å². The lowest BCUT2D eigenvalue weighted by Gasteiger charge is -2.06. The molecule has 0 radical (unpaired) electrons. The third kappa shape index (κ3) is 3.34. The Morgan fingerprint density at radius 2 is 1.94 bits per heavy atom. The average molecular weight is 239 g/mol. The van der Waals surface area contributed by atoms with Crippen LogP contribution in [0.4, 0.5) is 0 Å². The van der Waals surface area contributed by atoms with Gasteiger partial charge in [-0.3, -0.25) is 10.2 Å². The van der Waals surface area contributed by atoms with Gasteiger partial charge in [0.1, 0.15) is 6.42 Å². The molecule has 0 fully saturated rings. The van der Waals surface area contributed by atoms with Gasteiger partial charge in [-0.1, -0.05) is 18.2 Å². The molecule has 7 heteroatoms. The van der Waals surface area contributed by atoms with Crippen molar-refractivity contribution in [1.29, 1.82) is 5.26 Å². The first-order valence-corrected chi connectivity index (χ1v) is 5.77. The van der Waals surface area contributed by atoms with Crippen LogP contribution in [-0.2, 0) is 14.8 Å². The maximum atomic E-state index is 11.5. The van der Waals surface area contributed by atoms with E-state index in [2.05, 4.69) is 0 Å². The Hall–Kier alpha value is -1.91. The Kier molecular flexibility index (Phi) is 3.99. The molecule has 0 spiro atoms. The predicted molar refractivity (Wildman–Crippen MR) is 55.1 cm³/mol. The van der Waals surface area contributed by atoms with E-state index in [0.29, 0.717) is 0 Å². The van der Waals surface area contributed by atoms with Crippen LogP contribution in [0.15, 0.2) is 35.2 Å². The SMILES string of the molecule is N#CCC(=O)NNS(=O)(=O)c1ccccc1. The number of hydrazine groups is 1. The Morgan fingerprint density at radius 1 is 1.31 bits per heavy atom. The van der Waals surface area contributed by atoms with Crippen molar-refractivity contribution >= 4 is 15.9 Å². The second-order valence-electron chi connectivity index (χ2n) is 2.80. The van der Waals surface area contributed by atoms with Crippen LogP contribution in [0.5, 0.6) is 0 Å². The number of carbonyl (C=O) groups excluding carboxylic acids is 1. The lowest BCUT2D eigenvalue weighted by molar-refractivity contribution is -0.120. The fourth-order valence-corrected chi connectivity index (χ4v) is 1.78. The molecule has 6 nitrogen and oxygen atoms in total. The van der Waals surface area contributed by atoms with Crippen LogP contribution in [0.3, 0.4) is 0 Å². The molecule has 0 atom stereocenters. The number of carbonyl (C=O) groups is 1. The summed E-state index contributed by atoms with van der Waals surface area (Å²) in [6.07, 6.45) is -0.405. The second kappa shape index (κ2) is 5.25. The zero-order valence-corrected chi connectivity index (χ0v) is 8.99. The van der Waals surface area contributed by atoms with Gasteiger partial charge >= 0.3 is 0 Å². The first kappa shape index (κ1) is 12.2. The number of sulfonamides is 1. The quantitative estimate of drug-likeness (QED) is 0.717. The largest absolute Gasteiger partial charge is 0.277 e. The normalized spacial score (nSPS) is 10.4. The zero-order valence-electron chi connectivity index (χ0n) is 8.17. The van der Waals surface area contributed by atoms with Gasteiger partial charge in [-0.05, 0) is 12.1 Å². The number of hydrogen-bond acceptors (Lipinski definition) is 4. The van der Waals surface area contributed by atoms with Crippen LogP contribution < -0.4 is 10.3 Å². The Balaban J connectivity index is 2.68. The molecule has 16 heavy (non-hydrogen) atoms. The summed E-state index contributed by atoms with van der Waals surface area (Å²) < 4.78 is 23.1. The predicted octanol–water partition coefficient (Wildman–Crippen LogP) is -0.0902. The maximum Gasteiger partial charge on any atom is 0.257 e. The van der Waals surface area contributed by atoms with Crippen molar-refractivity contribution in [2.24, 2.45) is 0 Å². The van der Waals surface area contributed by atoms with E-state index in [0.717, 1.165) is 0 Å². The first-order valence-electron chi connectivity index (χ1n) is 4.29. The highest BCUT2D eigenvalue weighted by Gasteiger charge is 2.13. The van der Waals surface area contributed by atoms with Crippen LogP contribution in [0.2, 0.25) is 0 Å². The molecule has 2 N–H and O–H groups in total. The molecule has 0 heterocycles. The molecule has 1 rings (SSSR count). The molecular weight excluding hydrogens is 230 g/mol. The smallest absolute Gasteiger partial charge is 0.257 e. The van der Waals surface area contributed by atoms with Gasteiger partial charge in [-0.25, -0.2) is 8.42 Å². The average Bonchev–Trinajstić information content (AvgIpc) is 2.28. The van der Waals surface area contributed by atoms with Gasteiger partial charge in [0.2, 0.25) is 5.91 Å². The van der Waals surface area contributed by atoms with Gasteiger partial charge in [0.25, 0.3) is 10.0 Å². The van der Waals surface area contributed by atoms with Gasteiger partial charge in [0.15, 0.2) is 0 Å². The van der Waals surface area contributed by atoms with E-state index in [1.807, 2.05) is 10.3 Å². The minimum absolute atomic E-state index is 0.0345. The molecule has 1 aromatic carbocycles. The third-order valence-corrected chi connectivity index (χ3v) is 2.88. The van der Waals surface area contributed by atoms with Crippen LogP contribution in [0.25, 0.3) is 0 Å². The van der Waals surface area contributed by atoms with Crippen molar-refractivity contribution in [2.75, 3.05) is 0 Å². The van der Waals surface area contributed by atoms with Gasteiger partial charge < -0.3 is 0 Å². The van der Waals surface area contributed by atoms with Gasteiger partial charge in [0.05, 0.1) is 11.0 Å².